The lowest BCUT2D eigenvalue weighted by molar-refractivity contribution is -0.138. The minimum absolute atomic E-state index is 0.0883. The van der Waals surface area contributed by atoms with Crippen LogP contribution in [-0.4, -0.2) is 101 Å². The first-order chi connectivity index (χ1) is 26.1. The maximum atomic E-state index is 14.3. The summed E-state index contributed by atoms with van der Waals surface area (Å²) in [6.07, 6.45) is -0.964. The number of carbonyl (C=O) groups excluding carboxylic acids is 3. The van der Waals surface area contributed by atoms with Crippen molar-refractivity contribution in [2.45, 2.75) is 116 Å². The van der Waals surface area contributed by atoms with E-state index in [1.807, 2.05) is 45.0 Å². The Bertz CT molecular complexity index is 2120. The molecule has 0 spiro atoms. The van der Waals surface area contributed by atoms with E-state index < -0.39 is 51.5 Å². The highest BCUT2D eigenvalue weighted by atomic mass is 35.5. The lowest BCUT2D eigenvalue weighted by atomic mass is 10.1. The molecular formula is C39H50Cl2N6O8S. The number of nitrogens with one attached hydrogen (secondary N) is 1. The molecule has 0 bridgehead atoms. The maximum absolute atomic E-state index is 14.3. The summed E-state index contributed by atoms with van der Waals surface area (Å²) in [6.45, 7) is 16.0. The first-order valence-corrected chi connectivity index (χ1v) is 20.6. The average Bonchev–Trinajstić information content (AvgIpc) is 3.57. The van der Waals surface area contributed by atoms with Crippen molar-refractivity contribution in [1.82, 2.24) is 24.4 Å². The van der Waals surface area contributed by atoms with Gasteiger partial charge >= 0.3 is 12.2 Å². The van der Waals surface area contributed by atoms with Crippen LogP contribution in [0.4, 0.5) is 9.59 Å². The molecule has 2 fully saturated rings. The van der Waals surface area contributed by atoms with E-state index in [4.69, 9.17) is 37.4 Å². The normalized spacial score (nSPS) is 19.9. The number of para-hydroxylation sites is 1. The van der Waals surface area contributed by atoms with E-state index in [2.05, 4.69) is 15.3 Å². The van der Waals surface area contributed by atoms with Gasteiger partial charge in [0.15, 0.2) is 0 Å². The van der Waals surface area contributed by atoms with Crippen LogP contribution in [0.15, 0.2) is 52.4 Å². The molecule has 3 heterocycles. The Balaban J connectivity index is 1.35. The molecule has 5 rings (SSSR count). The third-order valence-corrected chi connectivity index (χ3v) is 11.9. The minimum Gasteiger partial charge on any atom is -0.487 e. The number of aromatic nitrogens is 1. The second-order valence-electron chi connectivity index (χ2n) is 16.1. The third kappa shape index (κ3) is 10.0. The van der Waals surface area contributed by atoms with Crippen molar-refractivity contribution in [2.24, 2.45) is 4.99 Å². The van der Waals surface area contributed by atoms with Gasteiger partial charge in [0, 0.05) is 53.4 Å². The molecule has 56 heavy (non-hydrogen) atoms. The lowest BCUT2D eigenvalue weighted by Gasteiger charge is -2.46. The molecule has 2 aliphatic rings. The smallest absolute Gasteiger partial charge is 0.437 e. The minimum atomic E-state index is -4.29. The highest BCUT2D eigenvalue weighted by Crippen LogP contribution is 2.37. The summed E-state index contributed by atoms with van der Waals surface area (Å²) in [7, 11) is -4.29. The first kappa shape index (κ1) is 43.0. The Morgan fingerprint density at radius 3 is 2.25 bits per heavy atom. The van der Waals surface area contributed by atoms with E-state index in [1.165, 1.54) is 16.4 Å². The quantitative estimate of drug-likeness (QED) is 0.197. The van der Waals surface area contributed by atoms with Crippen LogP contribution in [0.25, 0.3) is 10.9 Å². The highest BCUT2D eigenvalue weighted by Gasteiger charge is 2.45. The first-order valence-electron chi connectivity index (χ1n) is 18.4. The molecule has 14 nitrogen and oxygen atoms in total. The van der Waals surface area contributed by atoms with Crippen LogP contribution in [-0.2, 0) is 30.9 Å². The van der Waals surface area contributed by atoms with Gasteiger partial charge in [-0.2, -0.15) is 4.31 Å². The summed E-state index contributed by atoms with van der Waals surface area (Å²) >= 11 is 13.4. The van der Waals surface area contributed by atoms with E-state index in [0.717, 1.165) is 11.1 Å². The largest absolute Gasteiger partial charge is 0.487 e. The van der Waals surface area contributed by atoms with Gasteiger partial charge in [-0.05, 0) is 99.4 Å². The third-order valence-electron chi connectivity index (χ3n) is 9.10. The van der Waals surface area contributed by atoms with Gasteiger partial charge in [-0.25, -0.2) is 23.0 Å². The molecule has 0 radical (unpaired) electrons. The van der Waals surface area contributed by atoms with Gasteiger partial charge in [0.05, 0.1) is 5.02 Å². The van der Waals surface area contributed by atoms with E-state index in [1.54, 1.807) is 57.4 Å². The molecule has 3 atom stereocenters. The van der Waals surface area contributed by atoms with Crippen LogP contribution >= 0.6 is 23.2 Å². The number of hydrogen-bond donors (Lipinski definition) is 1. The number of aliphatic imine (C=N–C) groups is 1. The van der Waals surface area contributed by atoms with Gasteiger partial charge in [0.1, 0.15) is 40.0 Å². The standard InChI is InChI=1S/C39H50Cl2N6O8S/c1-23-15-16-26-12-10-14-30(33(26)42-23)53-22-27-28(40)17-18-31(32(27)41)56(51,52)46-19-11-13-29(46)34(48)45-20-24(2)47(25(3)21-45)35(43-36(49)54-38(4,5)6)44-37(50)55-39(7,8)9/h10,12,14-18,24-25,29H,11,13,19-22H2,1-9H3,(H,43,44,49,50)/t24?,25?,29-/m0/s1. The number of hydrogen-bond acceptors (Lipinski definition) is 9. The fraction of sp³-hybridized carbons (Fsp3) is 0.513. The summed E-state index contributed by atoms with van der Waals surface area (Å²) in [5.41, 5.74) is 0.0797. The fourth-order valence-electron chi connectivity index (χ4n) is 6.84. The SMILES string of the molecule is Cc1ccc2cccc(OCc3c(Cl)ccc(S(=O)(=O)N4CCC[C@H]4C(=O)N4CC(C)N(C(=NC(=O)OC(C)(C)C)NC(=O)OC(C)(C)C)C(C)C4)c3Cl)c2n1. The predicted molar refractivity (Wildman–Crippen MR) is 215 cm³/mol. The zero-order valence-electron chi connectivity index (χ0n) is 33.2. The Labute approximate surface area is 338 Å². The number of alkyl carbamates (subject to hydrolysis) is 1. The molecule has 2 saturated heterocycles. The number of halogens is 2. The van der Waals surface area contributed by atoms with Crippen molar-refractivity contribution < 1.29 is 37.0 Å². The summed E-state index contributed by atoms with van der Waals surface area (Å²) in [5, 5.41) is 3.61. The van der Waals surface area contributed by atoms with E-state index in [0.29, 0.717) is 24.1 Å². The van der Waals surface area contributed by atoms with E-state index in [9.17, 15) is 22.8 Å². The van der Waals surface area contributed by atoms with Crippen LogP contribution in [0, 0.1) is 6.92 Å². The van der Waals surface area contributed by atoms with Crippen molar-refractivity contribution in [3.8, 4) is 5.75 Å². The summed E-state index contributed by atoms with van der Waals surface area (Å²) in [6, 6.07) is 10.2. The molecule has 2 unspecified atom stereocenters. The van der Waals surface area contributed by atoms with Crippen molar-refractivity contribution in [1.29, 1.82) is 0 Å². The number of piperazine rings is 1. The van der Waals surface area contributed by atoms with Crippen LogP contribution < -0.4 is 10.1 Å². The second-order valence-corrected chi connectivity index (χ2v) is 18.7. The van der Waals surface area contributed by atoms with E-state index >= 15 is 0 Å². The van der Waals surface area contributed by atoms with Crippen LogP contribution in [0.1, 0.15) is 79.5 Å². The van der Waals surface area contributed by atoms with Gasteiger partial charge in [0.25, 0.3) is 0 Å². The van der Waals surface area contributed by atoms with Gasteiger partial charge in [-0.3, -0.25) is 10.1 Å². The van der Waals surface area contributed by atoms with Gasteiger partial charge in [-0.15, -0.1) is 4.99 Å². The number of nitrogens with zero attached hydrogens (tertiary/aromatic N) is 5. The monoisotopic (exact) mass is 832 g/mol. The molecule has 1 N–H and O–H groups in total. The zero-order chi connectivity index (χ0) is 41.3. The van der Waals surface area contributed by atoms with Crippen molar-refractivity contribution in [3.63, 3.8) is 0 Å². The highest BCUT2D eigenvalue weighted by molar-refractivity contribution is 7.89. The Kier molecular flexibility index (Phi) is 12.8. The molecular weight excluding hydrogens is 783 g/mol. The number of fused-ring (bicyclic) bond motifs is 1. The Morgan fingerprint density at radius 2 is 1.61 bits per heavy atom. The number of ether oxygens (including phenoxy) is 3. The number of carbonyl (C=O) groups is 3. The van der Waals surface area contributed by atoms with Crippen LogP contribution in [0.2, 0.25) is 10.0 Å². The molecule has 0 saturated carbocycles. The maximum Gasteiger partial charge on any atom is 0.437 e. The number of aryl methyl sites for hydroxylation is 1. The number of rotatable bonds is 6. The molecule has 0 aliphatic carbocycles. The van der Waals surface area contributed by atoms with Gasteiger partial charge in [-0.1, -0.05) is 41.4 Å². The molecule has 17 heteroatoms. The Hall–Kier alpha value is -4.18. The topological polar surface area (TPSA) is 160 Å². The molecule has 2 aliphatic heterocycles. The molecule has 3 amide bonds. The predicted octanol–water partition coefficient (Wildman–Crippen LogP) is 7.32. The van der Waals surface area contributed by atoms with Crippen molar-refractivity contribution >= 4 is 68.2 Å². The number of sulfonamides is 1. The van der Waals surface area contributed by atoms with Crippen molar-refractivity contribution in [2.75, 3.05) is 19.6 Å². The fourth-order valence-corrected chi connectivity index (χ4v) is 9.35. The summed E-state index contributed by atoms with van der Waals surface area (Å²) in [4.78, 5) is 51.8. The number of guanidine groups is 1. The molecule has 1 aromatic heterocycles. The zero-order valence-corrected chi connectivity index (χ0v) is 35.5. The second kappa shape index (κ2) is 16.7. The molecule has 304 valence electrons. The van der Waals surface area contributed by atoms with Crippen molar-refractivity contribution in [3.05, 3.63) is 63.8 Å². The number of benzene rings is 2. The van der Waals surface area contributed by atoms with Gasteiger partial charge in [0.2, 0.25) is 21.9 Å². The molecule has 2 aromatic carbocycles. The summed E-state index contributed by atoms with van der Waals surface area (Å²) < 4.78 is 46.8. The number of amides is 3. The number of pyridine rings is 1. The van der Waals surface area contributed by atoms with Crippen LogP contribution in [0.3, 0.4) is 0 Å². The van der Waals surface area contributed by atoms with Crippen LogP contribution in [0.5, 0.6) is 5.75 Å². The Morgan fingerprint density at radius 1 is 0.946 bits per heavy atom. The lowest BCUT2D eigenvalue weighted by Crippen LogP contribution is -2.64. The van der Waals surface area contributed by atoms with E-state index in [-0.39, 0.29) is 58.6 Å². The summed E-state index contributed by atoms with van der Waals surface area (Å²) in [5.74, 6) is 0.0291. The van der Waals surface area contributed by atoms with Gasteiger partial charge < -0.3 is 24.0 Å². The average molecular weight is 834 g/mol. The molecule has 3 aromatic rings.